The van der Waals surface area contributed by atoms with E-state index in [4.69, 9.17) is 0 Å². The van der Waals surface area contributed by atoms with Gasteiger partial charge in [0.15, 0.2) is 0 Å². The fourth-order valence-corrected chi connectivity index (χ4v) is 0.814. The quantitative estimate of drug-likeness (QED) is 0.402. The van der Waals surface area contributed by atoms with Gasteiger partial charge < -0.3 is 0 Å². The molecule has 0 aliphatic rings. The highest BCUT2D eigenvalue weighted by atomic mass is 13.9. The predicted octanol–water partition coefficient (Wildman–Crippen LogP) is 3.74. The molecule has 0 fully saturated rings. The molecule has 0 aliphatic carbocycles. The second-order valence-electron chi connectivity index (χ2n) is 2.75. The second-order valence-corrected chi connectivity index (χ2v) is 2.75. The van der Waals surface area contributed by atoms with Gasteiger partial charge in [-0.25, -0.2) is 0 Å². The van der Waals surface area contributed by atoms with Crippen LogP contribution in [0.15, 0.2) is 11.6 Å². The molecule has 0 aromatic carbocycles. The number of unbranched alkanes of at least 4 members (excludes halogenated alkanes) is 3. The molecular weight excluding hydrogens is 120 g/mol. The molecule has 1 radical (unpaired) electrons. The van der Waals surface area contributed by atoms with E-state index in [1.54, 1.807) is 0 Å². The van der Waals surface area contributed by atoms with Gasteiger partial charge in [-0.15, -0.1) is 0 Å². The Hall–Kier alpha value is -0.260. The van der Waals surface area contributed by atoms with Crippen molar-refractivity contribution < 1.29 is 0 Å². The van der Waals surface area contributed by atoms with Crippen LogP contribution in [0.2, 0.25) is 0 Å². The fourth-order valence-electron chi connectivity index (χ4n) is 0.814. The highest BCUT2D eigenvalue weighted by Gasteiger charge is 1.84. The molecule has 0 spiro atoms. The SMILES string of the molecule is [CH2]CCCCC=C(C)CC. The first-order valence-corrected chi connectivity index (χ1v) is 4.26. The Labute approximate surface area is 65.3 Å². The van der Waals surface area contributed by atoms with Gasteiger partial charge in [0.05, 0.1) is 0 Å². The van der Waals surface area contributed by atoms with Gasteiger partial charge in [0.1, 0.15) is 0 Å². The van der Waals surface area contributed by atoms with Crippen molar-refractivity contribution in [1.29, 1.82) is 0 Å². The van der Waals surface area contributed by atoms with Crippen LogP contribution < -0.4 is 0 Å². The molecule has 0 nitrogen and oxygen atoms in total. The normalized spacial score (nSPS) is 12.1. The van der Waals surface area contributed by atoms with E-state index in [-0.39, 0.29) is 0 Å². The van der Waals surface area contributed by atoms with Crippen LogP contribution in [0, 0.1) is 6.92 Å². The van der Waals surface area contributed by atoms with E-state index in [0.717, 1.165) is 6.42 Å². The molecule has 0 aromatic heterocycles. The summed E-state index contributed by atoms with van der Waals surface area (Å²) in [7, 11) is 0. The van der Waals surface area contributed by atoms with Crippen LogP contribution in [0.1, 0.15) is 46.0 Å². The van der Waals surface area contributed by atoms with Crippen molar-refractivity contribution >= 4 is 0 Å². The van der Waals surface area contributed by atoms with E-state index < -0.39 is 0 Å². The monoisotopic (exact) mass is 139 g/mol. The molecule has 0 heterocycles. The minimum atomic E-state index is 1.08. The highest BCUT2D eigenvalue weighted by Crippen LogP contribution is 2.04. The Balaban J connectivity index is 3.16. The molecule has 0 saturated carbocycles. The summed E-state index contributed by atoms with van der Waals surface area (Å²) < 4.78 is 0. The molecular formula is C10H19. The maximum absolute atomic E-state index is 3.80. The summed E-state index contributed by atoms with van der Waals surface area (Å²) in [5, 5.41) is 0. The van der Waals surface area contributed by atoms with E-state index in [1.165, 1.54) is 31.3 Å². The molecule has 0 aliphatic heterocycles. The number of hydrogen-bond donors (Lipinski definition) is 0. The van der Waals surface area contributed by atoms with E-state index in [0.29, 0.717) is 0 Å². The van der Waals surface area contributed by atoms with Gasteiger partial charge in [0.25, 0.3) is 0 Å². The third-order valence-electron chi connectivity index (χ3n) is 1.75. The maximum Gasteiger partial charge on any atom is -0.0348 e. The van der Waals surface area contributed by atoms with Crippen LogP contribution in [0.5, 0.6) is 0 Å². The van der Waals surface area contributed by atoms with E-state index >= 15 is 0 Å². The van der Waals surface area contributed by atoms with E-state index in [2.05, 4.69) is 26.8 Å². The summed E-state index contributed by atoms with van der Waals surface area (Å²) >= 11 is 0. The lowest BCUT2D eigenvalue weighted by atomic mass is 10.1. The van der Waals surface area contributed by atoms with Gasteiger partial charge >= 0.3 is 0 Å². The molecule has 0 heteroatoms. The first-order valence-electron chi connectivity index (χ1n) is 4.26. The third-order valence-corrected chi connectivity index (χ3v) is 1.75. The zero-order valence-electron chi connectivity index (χ0n) is 7.32. The van der Waals surface area contributed by atoms with Crippen molar-refractivity contribution in [1.82, 2.24) is 0 Å². The van der Waals surface area contributed by atoms with Crippen molar-refractivity contribution in [3.63, 3.8) is 0 Å². The summed E-state index contributed by atoms with van der Waals surface area (Å²) in [6, 6.07) is 0. The Morgan fingerprint density at radius 3 is 2.60 bits per heavy atom. The number of allylic oxidation sites excluding steroid dienone is 2. The van der Waals surface area contributed by atoms with Gasteiger partial charge in [-0.1, -0.05) is 38.3 Å². The second kappa shape index (κ2) is 6.85. The van der Waals surface area contributed by atoms with Crippen LogP contribution in [-0.4, -0.2) is 0 Å². The fraction of sp³-hybridized carbons (Fsp3) is 0.700. The summed E-state index contributed by atoms with van der Waals surface area (Å²) in [5.74, 6) is 0. The van der Waals surface area contributed by atoms with Crippen LogP contribution in [0.3, 0.4) is 0 Å². The topological polar surface area (TPSA) is 0 Å². The average Bonchev–Trinajstić information content (AvgIpc) is 1.98. The van der Waals surface area contributed by atoms with Crippen molar-refractivity contribution in [2.24, 2.45) is 0 Å². The standard InChI is InChI=1S/C10H19/c1-4-6-7-8-9-10(3)5-2/h9H,1,4-8H2,2-3H3. The minimum absolute atomic E-state index is 1.08. The first-order chi connectivity index (χ1) is 4.81. The lowest BCUT2D eigenvalue weighted by Gasteiger charge is -1.95. The lowest BCUT2D eigenvalue weighted by molar-refractivity contribution is 0.756. The van der Waals surface area contributed by atoms with Crippen LogP contribution >= 0.6 is 0 Å². The number of rotatable bonds is 5. The Kier molecular flexibility index (Phi) is 6.68. The Bertz CT molecular complexity index is 90.2. The van der Waals surface area contributed by atoms with Crippen molar-refractivity contribution in [3.05, 3.63) is 18.6 Å². The van der Waals surface area contributed by atoms with Crippen molar-refractivity contribution in [2.45, 2.75) is 46.0 Å². The largest absolute Gasteiger partial charge is 0.0856 e. The first kappa shape index (κ1) is 9.74. The lowest BCUT2D eigenvalue weighted by Crippen LogP contribution is -1.74. The van der Waals surface area contributed by atoms with Gasteiger partial charge in [-0.2, -0.15) is 0 Å². The molecule has 0 amide bonds. The maximum atomic E-state index is 3.80. The number of hydrogen-bond acceptors (Lipinski definition) is 0. The minimum Gasteiger partial charge on any atom is -0.0856 e. The van der Waals surface area contributed by atoms with E-state index in [1.807, 2.05) is 0 Å². The molecule has 0 rings (SSSR count). The zero-order valence-corrected chi connectivity index (χ0v) is 7.32. The molecule has 0 unspecified atom stereocenters. The molecule has 0 bridgehead atoms. The van der Waals surface area contributed by atoms with Crippen molar-refractivity contribution in [2.75, 3.05) is 0 Å². The van der Waals surface area contributed by atoms with E-state index in [9.17, 15) is 0 Å². The van der Waals surface area contributed by atoms with Gasteiger partial charge in [0, 0.05) is 0 Å². The Morgan fingerprint density at radius 2 is 2.10 bits per heavy atom. The summed E-state index contributed by atoms with van der Waals surface area (Å²) in [5.41, 5.74) is 1.52. The molecule has 59 valence electrons. The average molecular weight is 139 g/mol. The van der Waals surface area contributed by atoms with Gasteiger partial charge in [-0.3, -0.25) is 0 Å². The molecule has 0 atom stereocenters. The predicted molar refractivity (Wildman–Crippen MR) is 47.9 cm³/mol. The van der Waals surface area contributed by atoms with Gasteiger partial charge in [-0.05, 0) is 26.2 Å². The van der Waals surface area contributed by atoms with Crippen molar-refractivity contribution in [3.8, 4) is 0 Å². The van der Waals surface area contributed by atoms with Crippen LogP contribution in [-0.2, 0) is 0 Å². The highest BCUT2D eigenvalue weighted by molar-refractivity contribution is 4.96. The van der Waals surface area contributed by atoms with Crippen LogP contribution in [0.25, 0.3) is 0 Å². The smallest absolute Gasteiger partial charge is 0.0348 e. The molecule has 0 N–H and O–H groups in total. The molecule has 0 aromatic rings. The molecule has 10 heavy (non-hydrogen) atoms. The molecule has 0 saturated heterocycles. The summed E-state index contributed by atoms with van der Waals surface area (Å²) in [4.78, 5) is 0. The third kappa shape index (κ3) is 5.87. The zero-order chi connectivity index (χ0) is 7.82. The van der Waals surface area contributed by atoms with Gasteiger partial charge in [0.2, 0.25) is 0 Å². The summed E-state index contributed by atoms with van der Waals surface area (Å²) in [6.45, 7) is 8.20. The summed E-state index contributed by atoms with van der Waals surface area (Å²) in [6.07, 6.45) is 8.45. The Morgan fingerprint density at radius 1 is 1.40 bits per heavy atom. The van der Waals surface area contributed by atoms with Crippen LogP contribution in [0.4, 0.5) is 0 Å².